The average molecular weight is 240 g/mol. The fourth-order valence-electron chi connectivity index (χ4n) is 2.29. The normalized spacial score (nSPS) is 14.2. The Morgan fingerprint density at radius 2 is 1.61 bits per heavy atom. The van der Waals surface area contributed by atoms with Crippen molar-refractivity contribution in [2.75, 3.05) is 0 Å². The van der Waals surface area contributed by atoms with Gasteiger partial charge in [0.1, 0.15) is 0 Å². The van der Waals surface area contributed by atoms with Crippen molar-refractivity contribution in [3.63, 3.8) is 0 Å². The van der Waals surface area contributed by atoms with Crippen LogP contribution in [0, 0.1) is 6.92 Å². The Morgan fingerprint density at radius 3 is 2.28 bits per heavy atom. The van der Waals surface area contributed by atoms with Gasteiger partial charge in [-0.05, 0) is 49.6 Å². The van der Waals surface area contributed by atoms with Gasteiger partial charge < -0.3 is 5.32 Å². The van der Waals surface area contributed by atoms with Crippen LogP contribution in [-0.2, 0) is 0 Å². The lowest BCUT2D eigenvalue weighted by molar-refractivity contribution is 0.493. The van der Waals surface area contributed by atoms with Crippen LogP contribution in [0.15, 0.2) is 48.8 Å². The SMILES string of the molecule is Cc1ccccc1[C@H](C)NC(C)c1ccncc1. The second-order valence-electron chi connectivity index (χ2n) is 4.75. The second kappa shape index (κ2) is 5.78. The van der Waals surface area contributed by atoms with Gasteiger partial charge in [-0.25, -0.2) is 0 Å². The number of aryl methyl sites for hydroxylation is 1. The molecule has 1 N–H and O–H groups in total. The summed E-state index contributed by atoms with van der Waals surface area (Å²) >= 11 is 0. The highest BCUT2D eigenvalue weighted by molar-refractivity contribution is 5.28. The zero-order valence-electron chi connectivity index (χ0n) is 11.2. The van der Waals surface area contributed by atoms with Gasteiger partial charge in [0.25, 0.3) is 0 Å². The lowest BCUT2D eigenvalue weighted by Crippen LogP contribution is -2.23. The van der Waals surface area contributed by atoms with Gasteiger partial charge in [-0.2, -0.15) is 0 Å². The molecule has 94 valence electrons. The molecule has 1 heterocycles. The molecule has 0 fully saturated rings. The van der Waals surface area contributed by atoms with Crippen LogP contribution in [0.25, 0.3) is 0 Å². The molecule has 18 heavy (non-hydrogen) atoms. The fourth-order valence-corrected chi connectivity index (χ4v) is 2.29. The Morgan fingerprint density at radius 1 is 0.944 bits per heavy atom. The van der Waals surface area contributed by atoms with Crippen molar-refractivity contribution < 1.29 is 0 Å². The number of nitrogens with one attached hydrogen (secondary N) is 1. The minimum atomic E-state index is 0.322. The first-order valence-electron chi connectivity index (χ1n) is 6.40. The Labute approximate surface area is 109 Å². The highest BCUT2D eigenvalue weighted by Gasteiger charge is 2.12. The molecule has 2 rings (SSSR count). The molecule has 2 atom stereocenters. The maximum atomic E-state index is 4.05. The summed E-state index contributed by atoms with van der Waals surface area (Å²) in [5.74, 6) is 0. The van der Waals surface area contributed by atoms with Crippen molar-refractivity contribution in [1.82, 2.24) is 10.3 Å². The molecule has 0 spiro atoms. The molecule has 0 aliphatic heterocycles. The van der Waals surface area contributed by atoms with Crippen LogP contribution in [0.2, 0.25) is 0 Å². The summed E-state index contributed by atoms with van der Waals surface area (Å²) in [7, 11) is 0. The van der Waals surface area contributed by atoms with Crippen LogP contribution in [0.4, 0.5) is 0 Å². The molecule has 1 aromatic carbocycles. The summed E-state index contributed by atoms with van der Waals surface area (Å²) in [4.78, 5) is 4.05. The van der Waals surface area contributed by atoms with E-state index in [0.29, 0.717) is 12.1 Å². The van der Waals surface area contributed by atoms with E-state index in [1.807, 2.05) is 12.4 Å². The Hall–Kier alpha value is -1.67. The number of aromatic nitrogens is 1. The highest BCUT2D eigenvalue weighted by Crippen LogP contribution is 2.21. The summed E-state index contributed by atoms with van der Waals surface area (Å²) in [5.41, 5.74) is 3.96. The molecule has 0 aliphatic carbocycles. The zero-order chi connectivity index (χ0) is 13.0. The van der Waals surface area contributed by atoms with Crippen LogP contribution in [0.3, 0.4) is 0 Å². The molecule has 1 unspecified atom stereocenters. The average Bonchev–Trinajstić information content (AvgIpc) is 2.40. The molecule has 1 aromatic heterocycles. The lowest BCUT2D eigenvalue weighted by atomic mass is 10.0. The molecule has 0 aliphatic rings. The summed E-state index contributed by atoms with van der Waals surface area (Å²) in [6.45, 7) is 6.55. The molecule has 2 nitrogen and oxygen atoms in total. The van der Waals surface area contributed by atoms with Gasteiger partial charge in [0.05, 0.1) is 0 Å². The highest BCUT2D eigenvalue weighted by atomic mass is 14.9. The Bertz CT molecular complexity index is 493. The van der Waals surface area contributed by atoms with E-state index < -0.39 is 0 Å². The molecule has 0 saturated carbocycles. The number of hydrogen-bond donors (Lipinski definition) is 1. The van der Waals surface area contributed by atoms with Gasteiger partial charge in [0.15, 0.2) is 0 Å². The smallest absolute Gasteiger partial charge is 0.0300 e. The van der Waals surface area contributed by atoms with Crippen molar-refractivity contribution in [3.05, 3.63) is 65.5 Å². The van der Waals surface area contributed by atoms with E-state index in [0.717, 1.165) is 0 Å². The first-order chi connectivity index (χ1) is 8.68. The van der Waals surface area contributed by atoms with E-state index in [2.05, 4.69) is 67.5 Å². The third-order valence-corrected chi connectivity index (χ3v) is 3.36. The van der Waals surface area contributed by atoms with E-state index in [1.54, 1.807) is 0 Å². The summed E-state index contributed by atoms with van der Waals surface area (Å²) in [5, 5.41) is 3.63. The van der Waals surface area contributed by atoms with E-state index in [-0.39, 0.29) is 0 Å². The van der Waals surface area contributed by atoms with Crippen molar-refractivity contribution in [3.8, 4) is 0 Å². The molecule has 0 bridgehead atoms. The van der Waals surface area contributed by atoms with Crippen LogP contribution < -0.4 is 5.32 Å². The predicted molar refractivity (Wildman–Crippen MR) is 75.4 cm³/mol. The third kappa shape index (κ3) is 2.96. The summed E-state index contributed by atoms with van der Waals surface area (Å²) in [6, 6.07) is 13.3. The van der Waals surface area contributed by atoms with Crippen molar-refractivity contribution in [1.29, 1.82) is 0 Å². The van der Waals surface area contributed by atoms with Gasteiger partial charge in [0.2, 0.25) is 0 Å². The summed E-state index contributed by atoms with van der Waals surface area (Å²) < 4.78 is 0. The monoisotopic (exact) mass is 240 g/mol. The topological polar surface area (TPSA) is 24.9 Å². The first-order valence-corrected chi connectivity index (χ1v) is 6.40. The van der Waals surface area contributed by atoms with E-state index >= 15 is 0 Å². The minimum absolute atomic E-state index is 0.322. The first kappa shape index (κ1) is 12.8. The van der Waals surface area contributed by atoms with Gasteiger partial charge in [-0.1, -0.05) is 24.3 Å². The van der Waals surface area contributed by atoms with Crippen molar-refractivity contribution in [2.24, 2.45) is 0 Å². The minimum Gasteiger partial charge on any atom is -0.304 e. The molecule has 2 aromatic rings. The largest absolute Gasteiger partial charge is 0.304 e. The van der Waals surface area contributed by atoms with Crippen LogP contribution in [-0.4, -0.2) is 4.98 Å². The van der Waals surface area contributed by atoms with Crippen molar-refractivity contribution >= 4 is 0 Å². The van der Waals surface area contributed by atoms with Crippen LogP contribution in [0.5, 0.6) is 0 Å². The molecule has 0 saturated heterocycles. The molecule has 2 heteroatoms. The quantitative estimate of drug-likeness (QED) is 0.879. The van der Waals surface area contributed by atoms with Crippen molar-refractivity contribution in [2.45, 2.75) is 32.9 Å². The maximum absolute atomic E-state index is 4.05. The number of nitrogens with zero attached hydrogens (tertiary/aromatic N) is 1. The second-order valence-corrected chi connectivity index (χ2v) is 4.75. The maximum Gasteiger partial charge on any atom is 0.0300 e. The number of hydrogen-bond acceptors (Lipinski definition) is 2. The lowest BCUT2D eigenvalue weighted by Gasteiger charge is -2.22. The van der Waals surface area contributed by atoms with E-state index in [4.69, 9.17) is 0 Å². The molecule has 0 amide bonds. The predicted octanol–water partition coefficient (Wildman–Crippen LogP) is 3.80. The van der Waals surface area contributed by atoms with Crippen LogP contribution >= 0.6 is 0 Å². The number of pyridine rings is 1. The number of rotatable bonds is 4. The van der Waals surface area contributed by atoms with E-state index in [1.165, 1.54) is 16.7 Å². The fraction of sp³-hybridized carbons (Fsp3) is 0.312. The van der Waals surface area contributed by atoms with Gasteiger partial charge in [0, 0.05) is 24.5 Å². The summed E-state index contributed by atoms with van der Waals surface area (Å²) in [6.07, 6.45) is 3.68. The van der Waals surface area contributed by atoms with Gasteiger partial charge in [-0.15, -0.1) is 0 Å². The molecular formula is C16H20N2. The molecule has 0 radical (unpaired) electrons. The van der Waals surface area contributed by atoms with E-state index in [9.17, 15) is 0 Å². The van der Waals surface area contributed by atoms with Gasteiger partial charge >= 0.3 is 0 Å². The molecular weight excluding hydrogens is 220 g/mol. The van der Waals surface area contributed by atoms with Gasteiger partial charge in [-0.3, -0.25) is 4.98 Å². The standard InChI is InChI=1S/C16H20N2/c1-12-6-4-5-7-16(12)14(3)18-13(2)15-8-10-17-11-9-15/h4-11,13-14,18H,1-3H3/t13?,14-/m0/s1. The third-order valence-electron chi connectivity index (χ3n) is 3.36. The zero-order valence-corrected chi connectivity index (χ0v) is 11.2. The number of benzene rings is 1. The van der Waals surface area contributed by atoms with Crippen LogP contribution in [0.1, 0.15) is 42.6 Å². The Kier molecular flexibility index (Phi) is 4.11. The Balaban J connectivity index is 2.08.